The van der Waals surface area contributed by atoms with Crippen LogP contribution >= 0.6 is 0 Å². The van der Waals surface area contributed by atoms with Crippen molar-refractivity contribution >= 4 is 5.97 Å². The Balaban J connectivity index is 1.91. The average Bonchev–Trinajstić information content (AvgIpc) is 3.16. The second-order valence-corrected chi connectivity index (χ2v) is 6.44. The minimum atomic E-state index is -0.447. The van der Waals surface area contributed by atoms with Gasteiger partial charge in [-0.1, -0.05) is 0 Å². The molecule has 2 saturated carbocycles. The van der Waals surface area contributed by atoms with E-state index in [0.29, 0.717) is 18.7 Å². The maximum Gasteiger partial charge on any atom is 0.326 e. The highest BCUT2D eigenvalue weighted by molar-refractivity contribution is 5.81. The summed E-state index contributed by atoms with van der Waals surface area (Å²) in [6.45, 7) is 4.15. The van der Waals surface area contributed by atoms with E-state index in [1.54, 1.807) is 7.11 Å². The third kappa shape index (κ3) is 4.41. The molecule has 0 aromatic carbocycles. The Morgan fingerprint density at radius 3 is 2.76 bits per heavy atom. The van der Waals surface area contributed by atoms with E-state index in [1.165, 1.54) is 12.8 Å². The van der Waals surface area contributed by atoms with Crippen LogP contribution in [-0.2, 0) is 14.3 Å². The summed E-state index contributed by atoms with van der Waals surface area (Å²) in [5.74, 6) is -0.0512. The van der Waals surface area contributed by atoms with Gasteiger partial charge in [0.05, 0.1) is 6.61 Å². The second kappa shape index (κ2) is 7.56. The highest BCUT2D eigenvalue weighted by Gasteiger charge is 2.49. The van der Waals surface area contributed by atoms with Crippen LogP contribution in [0.3, 0.4) is 0 Å². The number of methoxy groups -OCH3 is 1. The van der Waals surface area contributed by atoms with Gasteiger partial charge in [0, 0.05) is 32.3 Å². The predicted octanol–water partition coefficient (Wildman–Crippen LogP) is 1.56. The van der Waals surface area contributed by atoms with Crippen LogP contribution in [0.25, 0.3) is 0 Å². The minimum absolute atomic E-state index is 0.0512. The van der Waals surface area contributed by atoms with Crippen LogP contribution in [0.2, 0.25) is 0 Å². The van der Waals surface area contributed by atoms with Crippen molar-refractivity contribution in [3.8, 4) is 0 Å². The molecular weight excluding hydrogens is 268 g/mol. The molecule has 0 saturated heterocycles. The molecule has 2 aliphatic carbocycles. The van der Waals surface area contributed by atoms with Crippen LogP contribution in [0.15, 0.2) is 0 Å². The van der Waals surface area contributed by atoms with E-state index in [0.717, 1.165) is 38.8 Å². The molecule has 0 aromatic heterocycles. The van der Waals surface area contributed by atoms with Crippen LogP contribution in [0, 0.1) is 0 Å². The van der Waals surface area contributed by atoms with E-state index in [9.17, 15) is 4.79 Å². The van der Waals surface area contributed by atoms with Gasteiger partial charge in [-0.2, -0.15) is 0 Å². The van der Waals surface area contributed by atoms with E-state index in [4.69, 9.17) is 9.47 Å². The van der Waals surface area contributed by atoms with Crippen LogP contribution in [0.5, 0.6) is 0 Å². The summed E-state index contributed by atoms with van der Waals surface area (Å²) in [5.41, 5.74) is -0.447. The molecule has 2 fully saturated rings. The lowest BCUT2D eigenvalue weighted by atomic mass is 9.96. The molecule has 0 bridgehead atoms. The fourth-order valence-corrected chi connectivity index (χ4v) is 3.30. The first-order valence-corrected chi connectivity index (χ1v) is 8.25. The van der Waals surface area contributed by atoms with Crippen molar-refractivity contribution in [1.29, 1.82) is 0 Å². The fraction of sp³-hybridized carbons (Fsp3) is 0.938. The number of carbonyl (C=O) groups excluding carboxylic acids is 1. The van der Waals surface area contributed by atoms with Gasteiger partial charge in [-0.15, -0.1) is 0 Å². The van der Waals surface area contributed by atoms with Crippen LogP contribution in [0.1, 0.15) is 45.4 Å². The zero-order valence-corrected chi connectivity index (χ0v) is 13.7. The van der Waals surface area contributed by atoms with Gasteiger partial charge >= 0.3 is 5.97 Å². The smallest absolute Gasteiger partial charge is 0.326 e. The Labute approximate surface area is 128 Å². The van der Waals surface area contributed by atoms with Crippen molar-refractivity contribution < 1.29 is 14.3 Å². The van der Waals surface area contributed by atoms with E-state index < -0.39 is 5.54 Å². The van der Waals surface area contributed by atoms with Crippen LogP contribution in [-0.4, -0.2) is 62.4 Å². The molecule has 5 heteroatoms. The first-order chi connectivity index (χ1) is 10.1. The standard InChI is InChI=1S/C16H30N2O3/c1-4-21-15(19)16(17-13-6-7-13)9-8-14(12-16)18(2)10-5-11-20-3/h13-14,17H,4-12H2,1-3H3. The number of hydrogen-bond donors (Lipinski definition) is 1. The van der Waals surface area contributed by atoms with Crippen molar-refractivity contribution in [3.63, 3.8) is 0 Å². The lowest BCUT2D eigenvalue weighted by molar-refractivity contribution is -0.151. The molecule has 0 amide bonds. The Morgan fingerprint density at radius 2 is 2.14 bits per heavy atom. The lowest BCUT2D eigenvalue weighted by Crippen LogP contribution is -2.53. The molecule has 122 valence electrons. The summed E-state index contributed by atoms with van der Waals surface area (Å²) in [4.78, 5) is 14.8. The Bertz CT molecular complexity index is 346. The predicted molar refractivity (Wildman–Crippen MR) is 82.3 cm³/mol. The summed E-state index contributed by atoms with van der Waals surface area (Å²) in [6.07, 6.45) is 6.23. The van der Waals surface area contributed by atoms with Gasteiger partial charge < -0.3 is 14.4 Å². The van der Waals surface area contributed by atoms with Gasteiger partial charge in [-0.3, -0.25) is 10.1 Å². The monoisotopic (exact) mass is 298 g/mol. The topological polar surface area (TPSA) is 50.8 Å². The first kappa shape index (κ1) is 16.7. The number of nitrogens with one attached hydrogen (secondary N) is 1. The van der Waals surface area contributed by atoms with Crippen molar-refractivity contribution in [3.05, 3.63) is 0 Å². The maximum absolute atomic E-state index is 12.4. The molecule has 5 nitrogen and oxygen atoms in total. The maximum atomic E-state index is 12.4. The van der Waals surface area contributed by atoms with Crippen molar-refractivity contribution in [2.24, 2.45) is 0 Å². The largest absolute Gasteiger partial charge is 0.465 e. The number of carbonyl (C=O) groups is 1. The van der Waals surface area contributed by atoms with Gasteiger partial charge in [0.2, 0.25) is 0 Å². The van der Waals surface area contributed by atoms with Crippen molar-refractivity contribution in [2.75, 3.05) is 33.9 Å². The Hall–Kier alpha value is -0.650. The SMILES string of the molecule is CCOC(=O)C1(NC2CC2)CCC(N(C)CCCOC)C1. The Kier molecular flexibility index (Phi) is 6.02. The highest BCUT2D eigenvalue weighted by atomic mass is 16.5. The number of esters is 1. The first-order valence-electron chi connectivity index (χ1n) is 8.25. The molecule has 0 radical (unpaired) electrons. The lowest BCUT2D eigenvalue weighted by Gasteiger charge is -2.30. The number of hydrogen-bond acceptors (Lipinski definition) is 5. The van der Waals surface area contributed by atoms with E-state index in [1.807, 2.05) is 6.92 Å². The molecule has 0 aliphatic heterocycles. The van der Waals surface area contributed by atoms with E-state index >= 15 is 0 Å². The summed E-state index contributed by atoms with van der Waals surface area (Å²) in [6, 6.07) is 0.976. The molecule has 0 spiro atoms. The molecular formula is C16H30N2O3. The highest BCUT2D eigenvalue weighted by Crippen LogP contribution is 2.37. The van der Waals surface area contributed by atoms with Gasteiger partial charge in [-0.25, -0.2) is 0 Å². The van der Waals surface area contributed by atoms with E-state index in [2.05, 4.69) is 17.3 Å². The van der Waals surface area contributed by atoms with Gasteiger partial charge in [0.1, 0.15) is 5.54 Å². The molecule has 2 aliphatic rings. The molecule has 21 heavy (non-hydrogen) atoms. The zero-order valence-electron chi connectivity index (χ0n) is 13.7. The van der Waals surface area contributed by atoms with Crippen LogP contribution in [0.4, 0.5) is 0 Å². The fourth-order valence-electron chi connectivity index (χ4n) is 3.30. The second-order valence-electron chi connectivity index (χ2n) is 6.44. The quantitative estimate of drug-likeness (QED) is 0.517. The molecule has 2 unspecified atom stereocenters. The number of nitrogens with zero attached hydrogens (tertiary/aromatic N) is 1. The average molecular weight is 298 g/mol. The Morgan fingerprint density at radius 1 is 1.38 bits per heavy atom. The molecule has 0 aromatic rings. The summed E-state index contributed by atoms with van der Waals surface area (Å²) in [5, 5.41) is 3.58. The van der Waals surface area contributed by atoms with Gasteiger partial charge in [-0.05, 0) is 52.5 Å². The van der Waals surface area contributed by atoms with Crippen molar-refractivity contribution in [2.45, 2.75) is 63.1 Å². The summed E-state index contributed by atoms with van der Waals surface area (Å²) < 4.78 is 10.5. The third-order valence-corrected chi connectivity index (χ3v) is 4.69. The minimum Gasteiger partial charge on any atom is -0.465 e. The number of rotatable bonds is 9. The molecule has 0 heterocycles. The summed E-state index contributed by atoms with van der Waals surface area (Å²) >= 11 is 0. The summed E-state index contributed by atoms with van der Waals surface area (Å²) in [7, 11) is 3.89. The number of ether oxygens (including phenoxy) is 2. The molecule has 1 N–H and O–H groups in total. The molecule has 2 rings (SSSR count). The van der Waals surface area contributed by atoms with Crippen LogP contribution < -0.4 is 5.32 Å². The normalized spacial score (nSPS) is 29.0. The van der Waals surface area contributed by atoms with Gasteiger partial charge in [0.15, 0.2) is 0 Å². The van der Waals surface area contributed by atoms with Gasteiger partial charge in [0.25, 0.3) is 0 Å². The van der Waals surface area contributed by atoms with E-state index in [-0.39, 0.29) is 5.97 Å². The van der Waals surface area contributed by atoms with Crippen molar-refractivity contribution in [1.82, 2.24) is 10.2 Å². The molecule has 2 atom stereocenters. The zero-order chi connectivity index (χ0) is 15.3. The third-order valence-electron chi connectivity index (χ3n) is 4.69.